The molecule has 1 saturated heterocycles. The number of pyridine rings is 2. The van der Waals surface area contributed by atoms with E-state index in [1.807, 2.05) is 30.5 Å². The molecule has 30 heavy (non-hydrogen) atoms. The standard InChI is InChI=1S/C23H26N6O/c1-28-10-12-29(13-11-28)17-2-5-21(25-14-17)27-20-4-3-18(16-6-8-24-9-7-16)19-15-26-23(30)22(19)20/h2-9,14,23,26,30H,10-13,15H2,1H3,(H,25,27). The summed E-state index contributed by atoms with van der Waals surface area (Å²) in [4.78, 5) is 13.4. The zero-order chi connectivity index (χ0) is 20.5. The van der Waals surface area contributed by atoms with Gasteiger partial charge in [0.15, 0.2) is 0 Å². The molecule has 2 aliphatic heterocycles. The lowest BCUT2D eigenvalue weighted by molar-refractivity contribution is 0.152. The van der Waals surface area contributed by atoms with Gasteiger partial charge in [0.2, 0.25) is 0 Å². The van der Waals surface area contributed by atoms with Gasteiger partial charge in [0.05, 0.1) is 11.9 Å². The van der Waals surface area contributed by atoms with Gasteiger partial charge in [-0.1, -0.05) is 6.07 Å². The van der Waals surface area contributed by atoms with Crippen molar-refractivity contribution in [3.8, 4) is 11.1 Å². The highest BCUT2D eigenvalue weighted by Gasteiger charge is 2.26. The Balaban J connectivity index is 1.40. The van der Waals surface area contributed by atoms with Gasteiger partial charge in [0.25, 0.3) is 0 Å². The molecular formula is C23H26N6O. The Morgan fingerprint density at radius 3 is 2.57 bits per heavy atom. The Kier molecular flexibility index (Phi) is 5.08. The SMILES string of the molecule is CN1CCN(c2ccc(Nc3ccc(-c4ccncc4)c4c3C(O)NC4)nc2)CC1. The number of nitrogens with zero attached hydrogens (tertiary/aromatic N) is 4. The normalized spacial score (nSPS) is 19.0. The van der Waals surface area contributed by atoms with E-state index in [9.17, 15) is 5.11 Å². The fourth-order valence-corrected chi connectivity index (χ4v) is 4.23. The minimum atomic E-state index is -0.700. The molecule has 0 aliphatic carbocycles. The number of aliphatic hydroxyl groups excluding tert-OH is 1. The molecule has 1 aromatic carbocycles. The van der Waals surface area contributed by atoms with Gasteiger partial charge in [-0.25, -0.2) is 4.98 Å². The van der Waals surface area contributed by atoms with Crippen molar-refractivity contribution in [3.63, 3.8) is 0 Å². The largest absolute Gasteiger partial charge is 0.374 e. The molecule has 3 aromatic rings. The number of hydrogen-bond acceptors (Lipinski definition) is 7. The summed E-state index contributed by atoms with van der Waals surface area (Å²) in [6.07, 6.45) is 4.80. The lowest BCUT2D eigenvalue weighted by atomic mass is 9.96. The third-order valence-corrected chi connectivity index (χ3v) is 5.97. The van der Waals surface area contributed by atoms with Crippen LogP contribution in [0.25, 0.3) is 11.1 Å². The highest BCUT2D eigenvalue weighted by molar-refractivity contribution is 5.76. The predicted molar refractivity (Wildman–Crippen MR) is 119 cm³/mol. The van der Waals surface area contributed by atoms with Gasteiger partial charge in [0.1, 0.15) is 12.0 Å². The fourth-order valence-electron chi connectivity index (χ4n) is 4.23. The van der Waals surface area contributed by atoms with Crippen molar-refractivity contribution in [1.29, 1.82) is 0 Å². The first-order chi connectivity index (χ1) is 14.7. The Morgan fingerprint density at radius 2 is 1.83 bits per heavy atom. The smallest absolute Gasteiger partial charge is 0.133 e. The lowest BCUT2D eigenvalue weighted by Crippen LogP contribution is -2.44. The first kappa shape index (κ1) is 19.0. The second-order valence-electron chi connectivity index (χ2n) is 7.89. The van der Waals surface area contributed by atoms with E-state index in [0.717, 1.165) is 65.6 Å². The highest BCUT2D eigenvalue weighted by Crippen LogP contribution is 2.38. The lowest BCUT2D eigenvalue weighted by Gasteiger charge is -2.33. The Labute approximate surface area is 176 Å². The maximum atomic E-state index is 10.6. The highest BCUT2D eigenvalue weighted by atomic mass is 16.3. The molecule has 7 heteroatoms. The van der Waals surface area contributed by atoms with Crippen LogP contribution in [0.3, 0.4) is 0 Å². The number of anilines is 3. The van der Waals surface area contributed by atoms with Crippen molar-refractivity contribution in [1.82, 2.24) is 20.2 Å². The number of rotatable bonds is 4. The minimum absolute atomic E-state index is 0.624. The zero-order valence-electron chi connectivity index (χ0n) is 17.0. The molecule has 154 valence electrons. The van der Waals surface area contributed by atoms with E-state index in [2.05, 4.69) is 49.6 Å². The van der Waals surface area contributed by atoms with Crippen LogP contribution in [0.15, 0.2) is 55.0 Å². The summed E-state index contributed by atoms with van der Waals surface area (Å²) in [6, 6.07) is 12.2. The average molecular weight is 403 g/mol. The summed E-state index contributed by atoms with van der Waals surface area (Å²) < 4.78 is 0. The maximum absolute atomic E-state index is 10.6. The van der Waals surface area contributed by atoms with Crippen molar-refractivity contribution in [2.75, 3.05) is 43.4 Å². The van der Waals surface area contributed by atoms with E-state index >= 15 is 0 Å². The molecule has 3 N–H and O–H groups in total. The topological polar surface area (TPSA) is 76.5 Å². The average Bonchev–Trinajstić information content (AvgIpc) is 3.18. The van der Waals surface area contributed by atoms with Crippen LogP contribution in [0.2, 0.25) is 0 Å². The quantitative estimate of drug-likeness (QED) is 0.619. The van der Waals surface area contributed by atoms with Gasteiger partial charge in [-0.15, -0.1) is 0 Å². The van der Waals surface area contributed by atoms with Crippen LogP contribution in [0, 0.1) is 0 Å². The van der Waals surface area contributed by atoms with Crippen LogP contribution in [0.4, 0.5) is 17.2 Å². The second kappa shape index (κ2) is 8.02. The zero-order valence-corrected chi connectivity index (χ0v) is 17.0. The van der Waals surface area contributed by atoms with Gasteiger partial charge >= 0.3 is 0 Å². The van der Waals surface area contributed by atoms with Crippen molar-refractivity contribution in [2.45, 2.75) is 12.8 Å². The van der Waals surface area contributed by atoms with Gasteiger partial charge in [0, 0.05) is 56.4 Å². The maximum Gasteiger partial charge on any atom is 0.133 e. The van der Waals surface area contributed by atoms with E-state index in [4.69, 9.17) is 0 Å². The summed E-state index contributed by atoms with van der Waals surface area (Å²) in [5, 5.41) is 17.1. The van der Waals surface area contributed by atoms with Crippen LogP contribution < -0.4 is 15.5 Å². The van der Waals surface area contributed by atoms with Crippen molar-refractivity contribution >= 4 is 17.2 Å². The number of benzene rings is 1. The molecule has 1 unspecified atom stereocenters. The molecule has 4 heterocycles. The number of piperazine rings is 1. The molecule has 0 saturated carbocycles. The molecule has 0 radical (unpaired) electrons. The molecule has 1 fully saturated rings. The molecule has 1 atom stereocenters. The molecule has 2 aliphatic rings. The van der Waals surface area contributed by atoms with Gasteiger partial charge < -0.3 is 20.2 Å². The monoisotopic (exact) mass is 402 g/mol. The van der Waals surface area contributed by atoms with Crippen LogP contribution in [0.1, 0.15) is 17.4 Å². The molecule has 2 aromatic heterocycles. The second-order valence-corrected chi connectivity index (χ2v) is 7.89. The molecule has 5 rings (SSSR count). The minimum Gasteiger partial charge on any atom is -0.374 e. The first-order valence-electron chi connectivity index (χ1n) is 10.3. The molecule has 0 spiro atoms. The Hall–Kier alpha value is -3.00. The number of aromatic nitrogens is 2. The third-order valence-electron chi connectivity index (χ3n) is 5.97. The van der Waals surface area contributed by atoms with Crippen molar-refractivity contribution in [3.05, 3.63) is 66.1 Å². The van der Waals surface area contributed by atoms with Crippen LogP contribution in [0.5, 0.6) is 0 Å². The first-order valence-corrected chi connectivity index (χ1v) is 10.3. The fraction of sp³-hybridized carbons (Fsp3) is 0.304. The van der Waals surface area contributed by atoms with Gasteiger partial charge in [-0.05, 0) is 54.1 Å². The molecule has 0 amide bonds. The predicted octanol–water partition coefficient (Wildman–Crippen LogP) is 2.73. The van der Waals surface area contributed by atoms with Crippen molar-refractivity contribution in [2.24, 2.45) is 0 Å². The van der Waals surface area contributed by atoms with Crippen LogP contribution in [-0.4, -0.2) is 53.2 Å². The van der Waals surface area contributed by atoms with Gasteiger partial charge in [-0.3, -0.25) is 10.3 Å². The van der Waals surface area contributed by atoms with Crippen LogP contribution in [-0.2, 0) is 6.54 Å². The summed E-state index contributed by atoms with van der Waals surface area (Å²) >= 11 is 0. The molecule has 0 bridgehead atoms. The van der Waals surface area contributed by atoms with E-state index in [-0.39, 0.29) is 0 Å². The molecular weight excluding hydrogens is 376 g/mol. The van der Waals surface area contributed by atoms with E-state index < -0.39 is 6.23 Å². The number of nitrogens with one attached hydrogen (secondary N) is 2. The summed E-state index contributed by atoms with van der Waals surface area (Å²) in [7, 11) is 2.16. The summed E-state index contributed by atoms with van der Waals surface area (Å²) in [5.41, 5.74) is 6.22. The Morgan fingerprint density at radius 1 is 1.03 bits per heavy atom. The summed E-state index contributed by atoms with van der Waals surface area (Å²) in [6.45, 7) is 4.81. The van der Waals surface area contributed by atoms with E-state index in [0.29, 0.717) is 6.54 Å². The third kappa shape index (κ3) is 3.63. The van der Waals surface area contributed by atoms with E-state index in [1.165, 1.54) is 0 Å². The molecule has 7 nitrogen and oxygen atoms in total. The number of fused-ring (bicyclic) bond motifs is 1. The number of aliphatic hydroxyl groups is 1. The van der Waals surface area contributed by atoms with Gasteiger partial charge in [-0.2, -0.15) is 0 Å². The number of hydrogen-bond donors (Lipinski definition) is 3. The van der Waals surface area contributed by atoms with Crippen LogP contribution >= 0.6 is 0 Å². The Bertz CT molecular complexity index is 1020. The summed E-state index contributed by atoms with van der Waals surface area (Å²) in [5.74, 6) is 0.769. The number of likely N-dealkylation sites (N-methyl/N-ethyl adjacent to an activating group) is 1. The van der Waals surface area contributed by atoms with E-state index in [1.54, 1.807) is 12.4 Å². The van der Waals surface area contributed by atoms with Crippen molar-refractivity contribution < 1.29 is 5.11 Å².